The number of rotatable bonds is 5. The highest BCUT2D eigenvalue weighted by atomic mass is 16.5. The summed E-state index contributed by atoms with van der Waals surface area (Å²) in [5.41, 5.74) is 0.580. The van der Waals surface area contributed by atoms with Crippen LogP contribution in [0.15, 0.2) is 6.20 Å². The van der Waals surface area contributed by atoms with Crippen molar-refractivity contribution < 1.29 is 19.4 Å². The molecule has 2 N–H and O–H groups in total. The predicted octanol–water partition coefficient (Wildman–Crippen LogP) is -0.914. The predicted molar refractivity (Wildman–Crippen MR) is 56.0 cm³/mol. The number of aromatic nitrogens is 3. The summed E-state index contributed by atoms with van der Waals surface area (Å²) in [6.07, 6.45) is 1.12. The fourth-order valence-electron chi connectivity index (χ4n) is 1.11. The van der Waals surface area contributed by atoms with Crippen molar-refractivity contribution in [1.82, 2.24) is 20.3 Å². The lowest BCUT2D eigenvalue weighted by atomic mass is 10.3. The van der Waals surface area contributed by atoms with E-state index in [1.165, 1.54) is 10.9 Å². The van der Waals surface area contributed by atoms with Crippen LogP contribution in [0.2, 0.25) is 0 Å². The smallest absolute Gasteiger partial charge is 0.413 e. The first-order chi connectivity index (χ1) is 8.15. The molecule has 0 atom stereocenters. The van der Waals surface area contributed by atoms with Gasteiger partial charge in [-0.3, -0.25) is 10.1 Å². The Morgan fingerprint density at radius 2 is 2.35 bits per heavy atom. The SMILES string of the molecule is CCOC(=O)NC(=O)Cn1cc(CCO)nn1. The zero-order chi connectivity index (χ0) is 12.7. The summed E-state index contributed by atoms with van der Waals surface area (Å²) in [6.45, 7) is 1.68. The number of nitrogens with zero attached hydrogens (tertiary/aromatic N) is 3. The number of hydrogen-bond acceptors (Lipinski definition) is 6. The maximum absolute atomic E-state index is 11.3. The van der Waals surface area contributed by atoms with E-state index in [1.807, 2.05) is 5.32 Å². The minimum absolute atomic E-state index is 0.0340. The van der Waals surface area contributed by atoms with E-state index >= 15 is 0 Å². The van der Waals surface area contributed by atoms with Crippen LogP contribution in [0.1, 0.15) is 12.6 Å². The Morgan fingerprint density at radius 1 is 1.59 bits per heavy atom. The third-order valence-corrected chi connectivity index (χ3v) is 1.78. The van der Waals surface area contributed by atoms with Gasteiger partial charge in [0.1, 0.15) is 6.54 Å². The zero-order valence-electron chi connectivity index (χ0n) is 9.42. The monoisotopic (exact) mass is 242 g/mol. The minimum atomic E-state index is -0.784. The summed E-state index contributed by atoms with van der Waals surface area (Å²) in [4.78, 5) is 22.2. The van der Waals surface area contributed by atoms with Gasteiger partial charge in [0.05, 0.1) is 12.3 Å². The summed E-state index contributed by atoms with van der Waals surface area (Å²) in [7, 11) is 0. The molecule has 17 heavy (non-hydrogen) atoms. The second-order valence-electron chi connectivity index (χ2n) is 3.15. The molecule has 1 heterocycles. The van der Waals surface area contributed by atoms with Crippen LogP contribution in [-0.2, 0) is 22.5 Å². The van der Waals surface area contributed by atoms with E-state index in [0.29, 0.717) is 12.1 Å². The van der Waals surface area contributed by atoms with Crippen molar-refractivity contribution in [3.05, 3.63) is 11.9 Å². The van der Waals surface area contributed by atoms with Crippen LogP contribution in [0.3, 0.4) is 0 Å². The number of hydrogen-bond donors (Lipinski definition) is 2. The van der Waals surface area contributed by atoms with Crippen LogP contribution in [-0.4, -0.2) is 45.3 Å². The molecule has 0 aliphatic rings. The van der Waals surface area contributed by atoms with Gasteiger partial charge in [0.25, 0.3) is 5.91 Å². The van der Waals surface area contributed by atoms with E-state index in [2.05, 4.69) is 15.0 Å². The van der Waals surface area contributed by atoms with Crippen molar-refractivity contribution >= 4 is 12.0 Å². The van der Waals surface area contributed by atoms with Gasteiger partial charge in [-0.05, 0) is 6.92 Å². The van der Waals surface area contributed by atoms with Crippen LogP contribution < -0.4 is 5.32 Å². The Bertz CT molecular complexity index is 390. The minimum Gasteiger partial charge on any atom is -0.450 e. The van der Waals surface area contributed by atoms with Crippen LogP contribution in [0.25, 0.3) is 0 Å². The van der Waals surface area contributed by atoms with Crippen molar-refractivity contribution in [2.75, 3.05) is 13.2 Å². The van der Waals surface area contributed by atoms with Crippen molar-refractivity contribution in [3.63, 3.8) is 0 Å². The van der Waals surface area contributed by atoms with Crippen molar-refractivity contribution in [2.24, 2.45) is 0 Å². The molecule has 0 unspecified atom stereocenters. The number of aliphatic hydroxyl groups excluding tert-OH is 1. The third kappa shape index (κ3) is 4.60. The molecule has 0 saturated heterocycles. The molecule has 8 nitrogen and oxygen atoms in total. The summed E-state index contributed by atoms with van der Waals surface area (Å²) >= 11 is 0. The molecular weight excluding hydrogens is 228 g/mol. The molecule has 0 fully saturated rings. The Kier molecular flexibility index (Phi) is 5.08. The summed E-state index contributed by atoms with van der Waals surface area (Å²) in [5.74, 6) is -0.538. The van der Waals surface area contributed by atoms with Gasteiger partial charge in [-0.25, -0.2) is 9.48 Å². The van der Waals surface area contributed by atoms with E-state index < -0.39 is 12.0 Å². The number of carbonyl (C=O) groups is 2. The second-order valence-corrected chi connectivity index (χ2v) is 3.15. The maximum Gasteiger partial charge on any atom is 0.413 e. The van der Waals surface area contributed by atoms with Crippen LogP contribution in [0, 0.1) is 0 Å². The second kappa shape index (κ2) is 6.59. The van der Waals surface area contributed by atoms with Gasteiger partial charge < -0.3 is 9.84 Å². The highest BCUT2D eigenvalue weighted by Crippen LogP contribution is 1.93. The third-order valence-electron chi connectivity index (χ3n) is 1.78. The zero-order valence-corrected chi connectivity index (χ0v) is 9.42. The van der Waals surface area contributed by atoms with Gasteiger partial charge in [-0.15, -0.1) is 5.10 Å². The largest absolute Gasteiger partial charge is 0.450 e. The molecule has 1 aromatic rings. The van der Waals surface area contributed by atoms with Gasteiger partial charge in [0.15, 0.2) is 0 Å². The van der Waals surface area contributed by atoms with E-state index in [9.17, 15) is 9.59 Å². The van der Waals surface area contributed by atoms with E-state index in [-0.39, 0.29) is 19.8 Å². The van der Waals surface area contributed by atoms with E-state index in [0.717, 1.165) is 0 Å². The van der Waals surface area contributed by atoms with Gasteiger partial charge in [0.2, 0.25) is 0 Å². The Hall–Kier alpha value is -1.96. The summed E-state index contributed by atoms with van der Waals surface area (Å²) < 4.78 is 5.82. The maximum atomic E-state index is 11.3. The number of nitrogens with one attached hydrogen (secondary N) is 1. The van der Waals surface area contributed by atoms with Crippen LogP contribution in [0.4, 0.5) is 4.79 Å². The lowest BCUT2D eigenvalue weighted by Crippen LogP contribution is -2.33. The number of alkyl carbamates (subject to hydrolysis) is 1. The molecule has 94 valence electrons. The van der Waals surface area contributed by atoms with E-state index in [1.54, 1.807) is 6.92 Å². The lowest BCUT2D eigenvalue weighted by Gasteiger charge is -2.03. The number of ether oxygens (including phenoxy) is 1. The average molecular weight is 242 g/mol. The number of amides is 2. The Balaban J connectivity index is 2.41. The fourth-order valence-corrected chi connectivity index (χ4v) is 1.11. The molecule has 0 aliphatic heterocycles. The lowest BCUT2D eigenvalue weighted by molar-refractivity contribution is -0.121. The quantitative estimate of drug-likeness (QED) is 0.692. The first-order valence-electron chi connectivity index (χ1n) is 5.12. The Morgan fingerprint density at radius 3 is 3.00 bits per heavy atom. The molecule has 0 aromatic carbocycles. The number of carbonyl (C=O) groups excluding carboxylic acids is 2. The fraction of sp³-hybridized carbons (Fsp3) is 0.556. The molecule has 0 saturated carbocycles. The van der Waals surface area contributed by atoms with Crippen molar-refractivity contribution in [2.45, 2.75) is 19.9 Å². The van der Waals surface area contributed by atoms with Crippen molar-refractivity contribution in [3.8, 4) is 0 Å². The highest BCUT2D eigenvalue weighted by molar-refractivity contribution is 5.91. The van der Waals surface area contributed by atoms with Gasteiger partial charge >= 0.3 is 6.09 Å². The standard InChI is InChI=1S/C9H14N4O4/c1-2-17-9(16)10-8(15)6-13-5-7(3-4-14)11-12-13/h5,14H,2-4,6H2,1H3,(H,10,15,16). The van der Waals surface area contributed by atoms with E-state index in [4.69, 9.17) is 5.11 Å². The van der Waals surface area contributed by atoms with Gasteiger partial charge in [0, 0.05) is 19.2 Å². The van der Waals surface area contributed by atoms with Gasteiger partial charge in [-0.1, -0.05) is 5.21 Å². The molecular formula is C9H14N4O4. The first kappa shape index (κ1) is 13.1. The van der Waals surface area contributed by atoms with Crippen LogP contribution >= 0.6 is 0 Å². The first-order valence-corrected chi connectivity index (χ1v) is 5.12. The summed E-state index contributed by atoms with van der Waals surface area (Å²) in [5, 5.41) is 18.1. The molecule has 0 bridgehead atoms. The summed E-state index contributed by atoms with van der Waals surface area (Å²) in [6, 6.07) is 0. The molecule has 0 spiro atoms. The van der Waals surface area contributed by atoms with Crippen molar-refractivity contribution in [1.29, 1.82) is 0 Å². The number of aliphatic hydroxyl groups is 1. The van der Waals surface area contributed by atoms with Crippen LogP contribution in [0.5, 0.6) is 0 Å². The van der Waals surface area contributed by atoms with Gasteiger partial charge in [-0.2, -0.15) is 0 Å². The number of imide groups is 1. The Labute approximate surface area is 97.6 Å². The normalized spacial score (nSPS) is 10.0. The average Bonchev–Trinajstić information content (AvgIpc) is 2.66. The topological polar surface area (TPSA) is 106 Å². The molecule has 2 amide bonds. The molecule has 8 heteroatoms. The highest BCUT2D eigenvalue weighted by Gasteiger charge is 2.10. The molecule has 0 radical (unpaired) electrons. The molecule has 1 rings (SSSR count). The molecule has 0 aliphatic carbocycles. The molecule has 1 aromatic heterocycles.